The number of anilines is 1. The maximum absolute atomic E-state index is 12.8. The Bertz CT molecular complexity index is 776. The molecule has 0 saturated carbocycles. The van der Waals surface area contributed by atoms with Crippen molar-refractivity contribution in [2.75, 3.05) is 11.9 Å². The molecule has 8 heteroatoms. The van der Waals surface area contributed by atoms with Gasteiger partial charge in [-0.05, 0) is 38.5 Å². The van der Waals surface area contributed by atoms with E-state index in [9.17, 15) is 9.59 Å². The minimum atomic E-state index is -0.359. The molecule has 0 aliphatic carbocycles. The zero-order valence-electron chi connectivity index (χ0n) is 14.2. The standard InChI is InChI=1S/C17H19Cl2N3O3/c1-4-10(2)22(9-16(23)20-15-7-11(3)25-21-15)17(24)12-5-6-13(18)14(19)8-12/h5-8,10H,4,9H2,1-3H3,(H,20,21,23). The quantitative estimate of drug-likeness (QED) is 0.811. The first-order valence-corrected chi connectivity index (χ1v) is 8.56. The van der Waals surface area contributed by atoms with E-state index in [2.05, 4.69) is 10.5 Å². The summed E-state index contributed by atoms with van der Waals surface area (Å²) in [6, 6.07) is 6.12. The molecule has 0 aliphatic heterocycles. The summed E-state index contributed by atoms with van der Waals surface area (Å²) in [6.07, 6.45) is 0.698. The van der Waals surface area contributed by atoms with Crippen LogP contribution in [0.5, 0.6) is 0 Å². The lowest BCUT2D eigenvalue weighted by Gasteiger charge is -2.28. The molecule has 1 heterocycles. The van der Waals surface area contributed by atoms with Crippen LogP contribution >= 0.6 is 23.2 Å². The number of carbonyl (C=O) groups is 2. The Morgan fingerprint density at radius 3 is 2.56 bits per heavy atom. The molecule has 0 spiro atoms. The van der Waals surface area contributed by atoms with Crippen molar-refractivity contribution in [3.05, 3.63) is 45.6 Å². The van der Waals surface area contributed by atoms with E-state index in [1.807, 2.05) is 13.8 Å². The maximum Gasteiger partial charge on any atom is 0.254 e. The molecule has 0 fully saturated rings. The van der Waals surface area contributed by atoms with Crippen LogP contribution in [0.4, 0.5) is 5.82 Å². The Morgan fingerprint density at radius 2 is 2.00 bits per heavy atom. The van der Waals surface area contributed by atoms with Gasteiger partial charge in [0.2, 0.25) is 5.91 Å². The molecule has 0 aliphatic rings. The van der Waals surface area contributed by atoms with Crippen molar-refractivity contribution >= 4 is 40.8 Å². The van der Waals surface area contributed by atoms with Gasteiger partial charge < -0.3 is 14.7 Å². The van der Waals surface area contributed by atoms with Gasteiger partial charge in [-0.1, -0.05) is 35.3 Å². The molecule has 0 radical (unpaired) electrons. The highest BCUT2D eigenvalue weighted by Gasteiger charge is 2.24. The third-order valence-corrected chi connectivity index (χ3v) is 4.50. The lowest BCUT2D eigenvalue weighted by atomic mass is 10.1. The van der Waals surface area contributed by atoms with Crippen LogP contribution in [0.1, 0.15) is 36.4 Å². The van der Waals surface area contributed by atoms with Crippen molar-refractivity contribution in [1.82, 2.24) is 10.1 Å². The number of halogens is 2. The number of hydrogen-bond donors (Lipinski definition) is 1. The van der Waals surface area contributed by atoms with Gasteiger partial charge in [0.25, 0.3) is 5.91 Å². The second-order valence-electron chi connectivity index (χ2n) is 5.69. The number of benzene rings is 1. The zero-order chi connectivity index (χ0) is 18.6. The summed E-state index contributed by atoms with van der Waals surface area (Å²) < 4.78 is 4.91. The maximum atomic E-state index is 12.8. The predicted octanol–water partition coefficient (Wildman–Crippen LogP) is 4.17. The Labute approximate surface area is 156 Å². The number of amides is 2. The van der Waals surface area contributed by atoms with Crippen LogP contribution in [0, 0.1) is 6.92 Å². The number of hydrogen-bond acceptors (Lipinski definition) is 4. The highest BCUT2D eigenvalue weighted by molar-refractivity contribution is 6.42. The smallest absolute Gasteiger partial charge is 0.254 e. The highest BCUT2D eigenvalue weighted by Crippen LogP contribution is 2.24. The molecule has 1 aromatic heterocycles. The van der Waals surface area contributed by atoms with E-state index in [-0.39, 0.29) is 24.4 Å². The molecular weight excluding hydrogens is 365 g/mol. The summed E-state index contributed by atoms with van der Waals surface area (Å²) in [5.74, 6) is 0.246. The normalized spacial score (nSPS) is 11.9. The first-order chi connectivity index (χ1) is 11.8. The number of nitrogens with one attached hydrogen (secondary N) is 1. The van der Waals surface area contributed by atoms with Gasteiger partial charge in [-0.15, -0.1) is 0 Å². The second kappa shape index (κ2) is 8.36. The van der Waals surface area contributed by atoms with E-state index in [1.54, 1.807) is 25.1 Å². The van der Waals surface area contributed by atoms with E-state index >= 15 is 0 Å². The van der Waals surface area contributed by atoms with Crippen molar-refractivity contribution in [2.45, 2.75) is 33.2 Å². The zero-order valence-corrected chi connectivity index (χ0v) is 15.7. The first-order valence-electron chi connectivity index (χ1n) is 7.81. The van der Waals surface area contributed by atoms with Gasteiger partial charge in [0.15, 0.2) is 5.82 Å². The van der Waals surface area contributed by atoms with Gasteiger partial charge in [0.05, 0.1) is 10.0 Å². The van der Waals surface area contributed by atoms with E-state index in [1.165, 1.54) is 11.0 Å². The van der Waals surface area contributed by atoms with Crippen LogP contribution < -0.4 is 5.32 Å². The average Bonchev–Trinajstić information content (AvgIpc) is 2.98. The third-order valence-electron chi connectivity index (χ3n) is 3.76. The lowest BCUT2D eigenvalue weighted by molar-refractivity contribution is -0.117. The van der Waals surface area contributed by atoms with Crippen molar-refractivity contribution in [2.24, 2.45) is 0 Å². The molecule has 6 nitrogen and oxygen atoms in total. The fourth-order valence-electron chi connectivity index (χ4n) is 2.21. The second-order valence-corrected chi connectivity index (χ2v) is 6.50. The van der Waals surface area contributed by atoms with Crippen LogP contribution in [0.3, 0.4) is 0 Å². The van der Waals surface area contributed by atoms with Crippen molar-refractivity contribution in [1.29, 1.82) is 0 Å². The summed E-state index contributed by atoms with van der Waals surface area (Å²) in [4.78, 5) is 26.6. The molecule has 25 heavy (non-hydrogen) atoms. The van der Waals surface area contributed by atoms with Gasteiger partial charge in [0.1, 0.15) is 12.3 Å². The Balaban J connectivity index is 2.15. The SMILES string of the molecule is CCC(C)N(CC(=O)Nc1cc(C)on1)C(=O)c1ccc(Cl)c(Cl)c1. The first kappa shape index (κ1) is 19.3. The predicted molar refractivity (Wildman–Crippen MR) is 97.1 cm³/mol. The number of aryl methyl sites for hydroxylation is 1. The van der Waals surface area contributed by atoms with Gasteiger partial charge in [-0.3, -0.25) is 9.59 Å². The van der Waals surface area contributed by atoms with Crippen molar-refractivity contribution < 1.29 is 14.1 Å². The summed E-state index contributed by atoms with van der Waals surface area (Å²) in [5, 5.41) is 6.98. The third kappa shape index (κ3) is 4.96. The summed E-state index contributed by atoms with van der Waals surface area (Å²) >= 11 is 11.9. The number of rotatable bonds is 6. The Hall–Kier alpha value is -2.05. The van der Waals surface area contributed by atoms with Crippen molar-refractivity contribution in [3.63, 3.8) is 0 Å². The van der Waals surface area contributed by atoms with Gasteiger partial charge in [-0.2, -0.15) is 0 Å². The minimum absolute atomic E-state index is 0.111. The van der Waals surface area contributed by atoms with Gasteiger partial charge >= 0.3 is 0 Å². The van der Waals surface area contributed by atoms with E-state index in [4.69, 9.17) is 27.7 Å². The highest BCUT2D eigenvalue weighted by atomic mass is 35.5. The summed E-state index contributed by atoms with van der Waals surface area (Å²) in [6.45, 7) is 5.43. The molecular formula is C17H19Cl2N3O3. The summed E-state index contributed by atoms with van der Waals surface area (Å²) in [5.41, 5.74) is 0.375. The average molecular weight is 384 g/mol. The fraction of sp³-hybridized carbons (Fsp3) is 0.353. The molecule has 2 aromatic rings. The monoisotopic (exact) mass is 383 g/mol. The van der Waals surface area contributed by atoms with Crippen LogP contribution in [-0.4, -0.2) is 34.5 Å². The largest absolute Gasteiger partial charge is 0.360 e. The topological polar surface area (TPSA) is 75.4 Å². The van der Waals surface area contributed by atoms with Gasteiger partial charge in [0, 0.05) is 17.7 Å². The van der Waals surface area contributed by atoms with Crippen molar-refractivity contribution in [3.8, 4) is 0 Å². The molecule has 2 rings (SSSR count). The van der Waals surface area contributed by atoms with Crippen LogP contribution in [0.15, 0.2) is 28.8 Å². The molecule has 1 aromatic carbocycles. The molecule has 0 saturated heterocycles. The Kier molecular flexibility index (Phi) is 6.45. The van der Waals surface area contributed by atoms with E-state index in [0.29, 0.717) is 33.6 Å². The molecule has 134 valence electrons. The van der Waals surface area contributed by atoms with Gasteiger partial charge in [-0.25, -0.2) is 0 Å². The fourth-order valence-corrected chi connectivity index (χ4v) is 2.50. The number of carbonyl (C=O) groups excluding carboxylic acids is 2. The van der Waals surface area contributed by atoms with Crippen LogP contribution in [-0.2, 0) is 4.79 Å². The number of nitrogens with zero attached hydrogens (tertiary/aromatic N) is 2. The van der Waals surface area contributed by atoms with Crippen LogP contribution in [0.25, 0.3) is 0 Å². The minimum Gasteiger partial charge on any atom is -0.360 e. The molecule has 1 N–H and O–H groups in total. The lowest BCUT2D eigenvalue weighted by Crippen LogP contribution is -2.43. The molecule has 0 bridgehead atoms. The van der Waals surface area contributed by atoms with Crippen LogP contribution in [0.2, 0.25) is 10.0 Å². The van der Waals surface area contributed by atoms with E-state index < -0.39 is 0 Å². The summed E-state index contributed by atoms with van der Waals surface area (Å²) in [7, 11) is 0. The van der Waals surface area contributed by atoms with E-state index in [0.717, 1.165) is 0 Å². The Morgan fingerprint density at radius 1 is 1.28 bits per heavy atom. The molecule has 1 unspecified atom stereocenters. The molecule has 2 amide bonds. The number of aromatic nitrogens is 1. The molecule has 1 atom stereocenters.